The molecule has 0 unspecified atom stereocenters. The summed E-state index contributed by atoms with van der Waals surface area (Å²) in [5.41, 5.74) is -0.0427. The van der Waals surface area contributed by atoms with Crippen molar-refractivity contribution < 1.29 is 18.7 Å². The van der Waals surface area contributed by atoms with Crippen LogP contribution in [0.4, 0.5) is 8.78 Å². The minimum atomic E-state index is -0.779. The number of carbonyl (C=O) groups excluding carboxylic acids is 1. The first kappa shape index (κ1) is 11.0. The zero-order valence-corrected chi connectivity index (χ0v) is 8.41. The molecule has 0 saturated heterocycles. The topological polar surface area (TPSA) is 49.3 Å². The third kappa shape index (κ3) is 2.36. The number of hydrogen-bond donors (Lipinski definition) is 2. The van der Waals surface area contributed by atoms with E-state index >= 15 is 0 Å². The second kappa shape index (κ2) is 4.17. The maximum absolute atomic E-state index is 12.8. The second-order valence-corrected chi connectivity index (χ2v) is 3.95. The van der Waals surface area contributed by atoms with Crippen molar-refractivity contribution in [3.05, 3.63) is 35.4 Å². The van der Waals surface area contributed by atoms with Gasteiger partial charge in [-0.25, -0.2) is 8.78 Å². The Bertz CT molecular complexity index is 396. The summed E-state index contributed by atoms with van der Waals surface area (Å²) < 4.78 is 25.6. The molecule has 1 aromatic rings. The van der Waals surface area contributed by atoms with E-state index in [2.05, 4.69) is 5.32 Å². The number of rotatable bonds is 2. The number of nitrogens with one attached hydrogen (secondary N) is 1. The SMILES string of the molecule is O=C(NC1CC(O)C1)c1cc(F)cc(F)c1. The molecule has 0 aromatic heterocycles. The third-order valence-corrected chi connectivity index (χ3v) is 2.57. The van der Waals surface area contributed by atoms with E-state index in [9.17, 15) is 13.6 Å². The molecule has 3 nitrogen and oxygen atoms in total. The molecule has 16 heavy (non-hydrogen) atoms. The lowest BCUT2D eigenvalue weighted by molar-refractivity contribution is 0.0562. The van der Waals surface area contributed by atoms with Gasteiger partial charge < -0.3 is 10.4 Å². The van der Waals surface area contributed by atoms with E-state index in [1.54, 1.807) is 0 Å². The first-order chi connectivity index (χ1) is 7.54. The lowest BCUT2D eigenvalue weighted by Crippen LogP contribution is -2.46. The minimum absolute atomic E-state index is 0.0427. The predicted molar refractivity (Wildman–Crippen MR) is 52.9 cm³/mol. The van der Waals surface area contributed by atoms with Crippen molar-refractivity contribution in [2.45, 2.75) is 25.0 Å². The highest BCUT2D eigenvalue weighted by Crippen LogP contribution is 2.20. The van der Waals surface area contributed by atoms with Gasteiger partial charge in [-0.05, 0) is 25.0 Å². The molecular formula is C11H11F2NO2. The fourth-order valence-electron chi connectivity index (χ4n) is 1.66. The van der Waals surface area contributed by atoms with Gasteiger partial charge in [0, 0.05) is 17.7 Å². The molecule has 0 heterocycles. The van der Waals surface area contributed by atoms with Gasteiger partial charge in [0.05, 0.1) is 6.10 Å². The van der Waals surface area contributed by atoms with Crippen LogP contribution in [0, 0.1) is 11.6 Å². The first-order valence-corrected chi connectivity index (χ1v) is 4.99. The van der Waals surface area contributed by atoms with Crippen LogP contribution in [0.3, 0.4) is 0 Å². The monoisotopic (exact) mass is 227 g/mol. The van der Waals surface area contributed by atoms with Crippen molar-refractivity contribution in [1.82, 2.24) is 5.32 Å². The molecule has 0 bridgehead atoms. The Morgan fingerprint density at radius 2 is 1.81 bits per heavy atom. The maximum atomic E-state index is 12.8. The summed E-state index contributed by atoms with van der Waals surface area (Å²) in [6, 6.07) is 2.57. The van der Waals surface area contributed by atoms with Gasteiger partial charge in [-0.2, -0.15) is 0 Å². The summed E-state index contributed by atoms with van der Waals surface area (Å²) in [5, 5.41) is 11.6. The standard InChI is InChI=1S/C11H11F2NO2/c12-7-1-6(2-8(13)3-7)11(16)14-9-4-10(15)5-9/h1-3,9-10,15H,4-5H2,(H,14,16). The highest BCUT2D eigenvalue weighted by molar-refractivity contribution is 5.94. The van der Waals surface area contributed by atoms with Crippen molar-refractivity contribution in [3.63, 3.8) is 0 Å². The fraction of sp³-hybridized carbons (Fsp3) is 0.364. The molecule has 1 aromatic carbocycles. The number of amides is 1. The Labute approximate surface area is 91.1 Å². The van der Waals surface area contributed by atoms with E-state index in [-0.39, 0.29) is 17.7 Å². The molecular weight excluding hydrogens is 216 g/mol. The predicted octanol–water partition coefficient (Wildman–Crippen LogP) is 1.22. The molecule has 0 radical (unpaired) electrons. The molecule has 86 valence electrons. The number of aliphatic hydroxyl groups is 1. The Morgan fingerprint density at radius 1 is 1.25 bits per heavy atom. The number of hydrogen-bond acceptors (Lipinski definition) is 2. The van der Waals surface area contributed by atoms with Gasteiger partial charge in [0.2, 0.25) is 0 Å². The van der Waals surface area contributed by atoms with Crippen molar-refractivity contribution in [3.8, 4) is 0 Å². The lowest BCUT2D eigenvalue weighted by atomic mass is 9.89. The molecule has 1 amide bonds. The van der Waals surface area contributed by atoms with Gasteiger partial charge in [0.25, 0.3) is 5.91 Å². The van der Waals surface area contributed by atoms with Crippen LogP contribution in [0.1, 0.15) is 23.2 Å². The number of benzene rings is 1. The third-order valence-electron chi connectivity index (χ3n) is 2.57. The average Bonchev–Trinajstić information content (AvgIpc) is 2.13. The smallest absolute Gasteiger partial charge is 0.251 e. The van der Waals surface area contributed by atoms with Crippen LogP contribution in [0.5, 0.6) is 0 Å². The van der Waals surface area contributed by atoms with Crippen molar-refractivity contribution >= 4 is 5.91 Å². The van der Waals surface area contributed by atoms with Gasteiger partial charge in [0.15, 0.2) is 0 Å². The van der Waals surface area contributed by atoms with Crippen molar-refractivity contribution in [1.29, 1.82) is 0 Å². The number of aliphatic hydroxyl groups excluding tert-OH is 1. The normalized spacial score (nSPS) is 23.7. The average molecular weight is 227 g/mol. The van der Waals surface area contributed by atoms with Gasteiger partial charge in [-0.1, -0.05) is 0 Å². The van der Waals surface area contributed by atoms with Crippen LogP contribution in [-0.2, 0) is 0 Å². The fourth-order valence-corrected chi connectivity index (χ4v) is 1.66. The second-order valence-electron chi connectivity index (χ2n) is 3.95. The largest absolute Gasteiger partial charge is 0.393 e. The van der Waals surface area contributed by atoms with Gasteiger partial charge in [-0.15, -0.1) is 0 Å². The van der Waals surface area contributed by atoms with Crippen LogP contribution < -0.4 is 5.32 Å². The van der Waals surface area contributed by atoms with E-state index in [1.165, 1.54) is 0 Å². The van der Waals surface area contributed by atoms with Crippen LogP contribution in [0.25, 0.3) is 0 Å². The van der Waals surface area contributed by atoms with Gasteiger partial charge >= 0.3 is 0 Å². The Morgan fingerprint density at radius 3 is 2.31 bits per heavy atom. The van der Waals surface area contributed by atoms with E-state index < -0.39 is 17.5 Å². The molecule has 0 spiro atoms. The minimum Gasteiger partial charge on any atom is -0.393 e. The number of carbonyl (C=O) groups is 1. The van der Waals surface area contributed by atoms with Gasteiger partial charge in [0.1, 0.15) is 11.6 Å². The molecule has 2 N–H and O–H groups in total. The quantitative estimate of drug-likeness (QED) is 0.798. The Hall–Kier alpha value is -1.49. The first-order valence-electron chi connectivity index (χ1n) is 4.99. The van der Waals surface area contributed by atoms with Crippen molar-refractivity contribution in [2.24, 2.45) is 0 Å². The molecule has 1 aliphatic carbocycles. The molecule has 1 fully saturated rings. The summed E-state index contributed by atoms with van der Waals surface area (Å²) in [5.74, 6) is -2.08. The van der Waals surface area contributed by atoms with E-state index in [0.29, 0.717) is 18.9 Å². The maximum Gasteiger partial charge on any atom is 0.251 e. The summed E-state index contributed by atoms with van der Waals surface area (Å²) in [7, 11) is 0. The summed E-state index contributed by atoms with van der Waals surface area (Å²) in [4.78, 5) is 11.5. The van der Waals surface area contributed by atoms with Crippen molar-refractivity contribution in [2.75, 3.05) is 0 Å². The molecule has 5 heteroatoms. The Balaban J connectivity index is 2.03. The van der Waals surface area contributed by atoms with Crippen LogP contribution in [0.15, 0.2) is 18.2 Å². The van der Waals surface area contributed by atoms with Crippen LogP contribution in [-0.4, -0.2) is 23.2 Å². The molecule has 1 aliphatic rings. The summed E-state index contributed by atoms with van der Waals surface area (Å²) in [6.07, 6.45) is 0.599. The summed E-state index contributed by atoms with van der Waals surface area (Å²) in [6.45, 7) is 0. The van der Waals surface area contributed by atoms with Crippen LogP contribution >= 0.6 is 0 Å². The van der Waals surface area contributed by atoms with E-state index in [4.69, 9.17) is 5.11 Å². The van der Waals surface area contributed by atoms with Crippen LogP contribution in [0.2, 0.25) is 0 Å². The molecule has 0 atom stereocenters. The lowest BCUT2D eigenvalue weighted by Gasteiger charge is -2.31. The summed E-state index contributed by atoms with van der Waals surface area (Å²) >= 11 is 0. The van der Waals surface area contributed by atoms with E-state index in [0.717, 1.165) is 12.1 Å². The molecule has 0 aliphatic heterocycles. The Kier molecular flexibility index (Phi) is 2.87. The highest BCUT2D eigenvalue weighted by atomic mass is 19.1. The zero-order valence-electron chi connectivity index (χ0n) is 8.41. The highest BCUT2D eigenvalue weighted by Gasteiger charge is 2.28. The zero-order chi connectivity index (χ0) is 11.7. The van der Waals surface area contributed by atoms with Gasteiger partial charge in [-0.3, -0.25) is 4.79 Å². The van der Waals surface area contributed by atoms with E-state index in [1.807, 2.05) is 0 Å². The molecule has 1 saturated carbocycles. The number of halogens is 2. The molecule has 2 rings (SSSR count).